The van der Waals surface area contributed by atoms with Crippen LogP contribution in [0.3, 0.4) is 0 Å². The molecule has 0 radical (unpaired) electrons. The standard InChI is InChI=1S/C53H41N3.C2H6/c1-4-12-36(34-54)14-11-13-35-21-25-39(26-22-35)55-49-19-9-6-16-43(49)45-31-37(23-29-51(45)55)38-24-30-52-46(32-38)44-17-7-10-20-50(44)56(52)40-27-28-42-41-15-5-8-18-47(41)53(2,3)48(42)33-40;1-2/h5-11,13-33H,4,12H2,1-3H3;1-2H3/b13-11?,36-14+;. The van der Waals surface area contributed by atoms with Gasteiger partial charge in [-0.05, 0) is 112 Å². The van der Waals surface area contributed by atoms with E-state index in [1.165, 1.54) is 82.7 Å². The zero-order chi connectivity index (χ0) is 40.0. The van der Waals surface area contributed by atoms with Crippen LogP contribution in [0.4, 0.5) is 0 Å². The molecular weight excluding hydrogens is 703 g/mol. The summed E-state index contributed by atoms with van der Waals surface area (Å²) in [6.07, 6.45) is 7.74. The van der Waals surface area contributed by atoms with Gasteiger partial charge in [0.25, 0.3) is 0 Å². The van der Waals surface area contributed by atoms with Crippen LogP contribution in [0.2, 0.25) is 0 Å². The Bertz CT molecular complexity index is 3120. The second-order valence-corrected chi connectivity index (χ2v) is 15.6. The molecule has 7 aromatic carbocycles. The largest absolute Gasteiger partial charge is 0.309 e. The van der Waals surface area contributed by atoms with Crippen molar-refractivity contribution in [2.24, 2.45) is 0 Å². The van der Waals surface area contributed by atoms with Gasteiger partial charge in [0.15, 0.2) is 0 Å². The number of rotatable bonds is 7. The van der Waals surface area contributed by atoms with E-state index in [1.54, 1.807) is 0 Å². The molecule has 10 rings (SSSR count). The molecule has 0 fully saturated rings. The van der Waals surface area contributed by atoms with Crippen molar-refractivity contribution in [3.63, 3.8) is 0 Å². The SMILES string of the molecule is CC.CCC/C(C#N)=C\C=Cc1ccc(-n2c3ccccc3c3cc(-c4ccc5c(c4)c4ccccc4n5-c4ccc5c(c4)C(C)(C)c4ccccc4-5)ccc32)cc1. The number of hydrogen-bond acceptors (Lipinski definition) is 1. The lowest BCUT2D eigenvalue weighted by atomic mass is 9.82. The van der Waals surface area contributed by atoms with E-state index < -0.39 is 0 Å². The minimum absolute atomic E-state index is 0.0637. The maximum Gasteiger partial charge on any atom is 0.0947 e. The molecule has 0 unspecified atom stereocenters. The average Bonchev–Trinajstić information content (AvgIpc) is 3.86. The topological polar surface area (TPSA) is 33.6 Å². The maximum atomic E-state index is 9.37. The molecule has 282 valence electrons. The van der Waals surface area contributed by atoms with Gasteiger partial charge in [-0.2, -0.15) is 5.26 Å². The van der Waals surface area contributed by atoms with E-state index in [2.05, 4.69) is 194 Å². The lowest BCUT2D eigenvalue weighted by Crippen LogP contribution is -2.15. The minimum Gasteiger partial charge on any atom is -0.309 e. The first-order chi connectivity index (χ1) is 28.4. The highest BCUT2D eigenvalue weighted by atomic mass is 15.0. The summed E-state index contributed by atoms with van der Waals surface area (Å²) < 4.78 is 4.81. The molecule has 3 heteroatoms. The molecule has 0 spiro atoms. The van der Waals surface area contributed by atoms with Gasteiger partial charge in [0.05, 0.1) is 28.1 Å². The molecule has 58 heavy (non-hydrogen) atoms. The first kappa shape index (κ1) is 36.7. The lowest BCUT2D eigenvalue weighted by Gasteiger charge is -2.22. The van der Waals surface area contributed by atoms with E-state index in [0.29, 0.717) is 0 Å². The van der Waals surface area contributed by atoms with Gasteiger partial charge in [0.1, 0.15) is 0 Å². The highest BCUT2D eigenvalue weighted by Gasteiger charge is 2.35. The Balaban J connectivity index is 0.00000215. The fraction of sp³-hybridized carbons (Fsp3) is 0.145. The van der Waals surface area contributed by atoms with Crippen LogP contribution in [0.25, 0.3) is 83.3 Å². The highest BCUT2D eigenvalue weighted by molar-refractivity contribution is 6.12. The second-order valence-electron chi connectivity index (χ2n) is 15.6. The molecule has 0 amide bonds. The van der Waals surface area contributed by atoms with Crippen LogP contribution < -0.4 is 0 Å². The normalized spacial score (nSPS) is 13.2. The zero-order valence-electron chi connectivity index (χ0n) is 33.9. The smallest absolute Gasteiger partial charge is 0.0947 e. The Morgan fingerprint density at radius 3 is 1.72 bits per heavy atom. The fourth-order valence-electron chi connectivity index (χ4n) is 9.15. The van der Waals surface area contributed by atoms with Gasteiger partial charge in [0, 0.05) is 43.9 Å². The van der Waals surface area contributed by atoms with Crippen LogP contribution in [0.15, 0.2) is 169 Å². The van der Waals surface area contributed by atoms with E-state index in [-0.39, 0.29) is 5.41 Å². The summed E-state index contributed by atoms with van der Waals surface area (Å²) >= 11 is 0. The van der Waals surface area contributed by atoms with Crippen molar-refractivity contribution in [2.75, 3.05) is 0 Å². The molecular formula is C55H47N3. The highest BCUT2D eigenvalue weighted by Crippen LogP contribution is 2.49. The number of hydrogen-bond donors (Lipinski definition) is 0. The Labute approximate surface area is 341 Å². The third-order valence-corrected chi connectivity index (χ3v) is 11.9. The zero-order valence-corrected chi connectivity index (χ0v) is 33.9. The number of fused-ring (bicyclic) bond motifs is 9. The predicted molar refractivity (Wildman–Crippen MR) is 247 cm³/mol. The minimum atomic E-state index is -0.0637. The maximum absolute atomic E-state index is 9.37. The van der Waals surface area contributed by atoms with Crippen LogP contribution in [0, 0.1) is 11.3 Å². The number of para-hydroxylation sites is 2. The van der Waals surface area contributed by atoms with Crippen LogP contribution in [-0.4, -0.2) is 9.13 Å². The first-order valence-corrected chi connectivity index (χ1v) is 20.6. The van der Waals surface area contributed by atoms with E-state index in [4.69, 9.17) is 0 Å². The molecule has 0 N–H and O–H groups in total. The van der Waals surface area contributed by atoms with Crippen LogP contribution in [-0.2, 0) is 5.41 Å². The van der Waals surface area contributed by atoms with Gasteiger partial charge in [0.2, 0.25) is 0 Å². The quantitative estimate of drug-likeness (QED) is 0.118. The van der Waals surface area contributed by atoms with Gasteiger partial charge in [-0.25, -0.2) is 0 Å². The van der Waals surface area contributed by atoms with Crippen molar-refractivity contribution in [2.45, 2.75) is 52.9 Å². The Morgan fingerprint density at radius 2 is 1.10 bits per heavy atom. The molecule has 0 atom stereocenters. The Kier molecular flexibility index (Phi) is 9.43. The van der Waals surface area contributed by atoms with Crippen molar-refractivity contribution in [1.29, 1.82) is 5.26 Å². The summed E-state index contributed by atoms with van der Waals surface area (Å²) in [5, 5.41) is 14.3. The summed E-state index contributed by atoms with van der Waals surface area (Å²) in [6.45, 7) is 10.8. The fourth-order valence-corrected chi connectivity index (χ4v) is 9.15. The predicted octanol–water partition coefficient (Wildman–Crippen LogP) is 15.1. The summed E-state index contributed by atoms with van der Waals surface area (Å²) in [4.78, 5) is 0. The van der Waals surface area contributed by atoms with Gasteiger partial charge in [-0.1, -0.05) is 144 Å². The molecule has 0 bridgehead atoms. The number of nitrogens with zero attached hydrogens (tertiary/aromatic N) is 3. The number of aromatic nitrogens is 2. The summed E-state index contributed by atoms with van der Waals surface area (Å²) in [6, 6.07) is 58.3. The first-order valence-electron chi connectivity index (χ1n) is 20.6. The molecule has 2 heterocycles. The van der Waals surface area contributed by atoms with Crippen molar-refractivity contribution < 1.29 is 0 Å². The van der Waals surface area contributed by atoms with Gasteiger partial charge in [-0.15, -0.1) is 0 Å². The summed E-state index contributed by atoms with van der Waals surface area (Å²) in [5.41, 5.74) is 16.8. The van der Waals surface area contributed by atoms with Gasteiger partial charge in [-0.3, -0.25) is 0 Å². The third-order valence-electron chi connectivity index (χ3n) is 11.9. The molecule has 9 aromatic rings. The van der Waals surface area contributed by atoms with Crippen molar-refractivity contribution in [1.82, 2.24) is 9.13 Å². The molecule has 0 saturated heterocycles. The van der Waals surface area contributed by atoms with E-state index >= 15 is 0 Å². The molecule has 3 nitrogen and oxygen atoms in total. The Morgan fingerprint density at radius 1 is 0.569 bits per heavy atom. The van der Waals surface area contributed by atoms with Crippen LogP contribution >= 0.6 is 0 Å². The average molecular weight is 750 g/mol. The molecule has 0 aliphatic heterocycles. The van der Waals surface area contributed by atoms with Gasteiger partial charge >= 0.3 is 0 Å². The molecule has 1 aliphatic rings. The lowest BCUT2D eigenvalue weighted by molar-refractivity contribution is 0.660. The number of benzene rings is 7. The van der Waals surface area contributed by atoms with Crippen molar-refractivity contribution in [3.8, 4) is 39.7 Å². The van der Waals surface area contributed by atoms with Crippen LogP contribution in [0.5, 0.6) is 0 Å². The van der Waals surface area contributed by atoms with Crippen molar-refractivity contribution in [3.05, 3.63) is 186 Å². The van der Waals surface area contributed by atoms with E-state index in [0.717, 1.165) is 29.7 Å². The monoisotopic (exact) mass is 749 g/mol. The summed E-state index contributed by atoms with van der Waals surface area (Å²) in [7, 11) is 0. The Hall–Kier alpha value is -6.89. The third kappa shape index (κ3) is 5.96. The molecule has 2 aromatic heterocycles. The molecule has 0 saturated carbocycles. The van der Waals surface area contributed by atoms with Gasteiger partial charge < -0.3 is 9.13 Å². The van der Waals surface area contributed by atoms with Crippen LogP contribution in [0.1, 0.15) is 64.2 Å². The number of nitriles is 1. The van der Waals surface area contributed by atoms with Crippen molar-refractivity contribution >= 4 is 49.7 Å². The molecule has 1 aliphatic carbocycles. The summed E-state index contributed by atoms with van der Waals surface area (Å²) in [5.74, 6) is 0. The second kappa shape index (κ2) is 14.9. The van der Waals surface area contributed by atoms with E-state index in [1.807, 2.05) is 26.0 Å². The number of allylic oxidation sites excluding steroid dienone is 3. The van der Waals surface area contributed by atoms with E-state index in [9.17, 15) is 5.26 Å².